The van der Waals surface area contributed by atoms with Crippen molar-refractivity contribution in [3.05, 3.63) is 23.8 Å². The van der Waals surface area contributed by atoms with Gasteiger partial charge in [-0.2, -0.15) is 4.31 Å². The number of nitrogens with two attached hydrogens (primary N) is 1. The fourth-order valence-corrected chi connectivity index (χ4v) is 3.85. The smallest absolute Gasteiger partial charge is 0.246 e. The van der Waals surface area contributed by atoms with Crippen molar-refractivity contribution < 1.29 is 13.2 Å². The Hall–Kier alpha value is -1.11. The summed E-state index contributed by atoms with van der Waals surface area (Å²) < 4.78 is 31.6. The third kappa shape index (κ3) is 2.36. The topological polar surface area (TPSA) is 72.6 Å². The molecule has 0 unspecified atom stereocenters. The van der Waals surface area contributed by atoms with E-state index in [1.165, 1.54) is 11.4 Å². The lowest BCUT2D eigenvalue weighted by molar-refractivity contribution is 0.398. The molecule has 0 aliphatic carbocycles. The molecule has 0 saturated carbocycles. The Morgan fingerprint density at radius 2 is 2.17 bits per heavy atom. The van der Waals surface area contributed by atoms with Gasteiger partial charge < -0.3 is 10.5 Å². The van der Waals surface area contributed by atoms with Crippen molar-refractivity contribution in [2.75, 3.05) is 20.2 Å². The fourth-order valence-electron chi connectivity index (χ4n) is 2.10. The largest absolute Gasteiger partial charge is 0.495 e. The van der Waals surface area contributed by atoms with Crippen molar-refractivity contribution in [2.45, 2.75) is 24.3 Å². The van der Waals surface area contributed by atoms with Gasteiger partial charge in [-0.1, -0.05) is 6.07 Å². The van der Waals surface area contributed by atoms with Crippen LogP contribution in [0.5, 0.6) is 5.75 Å². The Morgan fingerprint density at radius 3 is 2.72 bits per heavy atom. The maximum absolute atomic E-state index is 12.5. The standard InChI is InChI=1S/C12H18N2O3S/c1-9-3-4-11(17-2)12(7-9)18(15,16)14-6-5-10(13)8-14/h3-4,7,10H,5-6,8,13H2,1-2H3/t10-/m0/s1. The zero-order valence-corrected chi connectivity index (χ0v) is 11.4. The average Bonchev–Trinajstić information content (AvgIpc) is 2.76. The second-order valence-corrected chi connectivity index (χ2v) is 6.47. The molecule has 1 atom stereocenters. The maximum atomic E-state index is 12.5. The van der Waals surface area contributed by atoms with Crippen LogP contribution in [-0.4, -0.2) is 39.0 Å². The quantitative estimate of drug-likeness (QED) is 0.878. The van der Waals surface area contributed by atoms with Crippen LogP contribution < -0.4 is 10.5 Å². The predicted molar refractivity (Wildman–Crippen MR) is 69.1 cm³/mol. The molecule has 0 aromatic heterocycles. The van der Waals surface area contributed by atoms with Crippen molar-refractivity contribution in [3.63, 3.8) is 0 Å². The first-order valence-corrected chi connectivity index (χ1v) is 7.29. The fraction of sp³-hybridized carbons (Fsp3) is 0.500. The molecule has 0 bridgehead atoms. The summed E-state index contributed by atoms with van der Waals surface area (Å²) in [6, 6.07) is 5.07. The van der Waals surface area contributed by atoms with Gasteiger partial charge in [0.15, 0.2) is 0 Å². The van der Waals surface area contributed by atoms with Gasteiger partial charge in [0.05, 0.1) is 7.11 Å². The van der Waals surface area contributed by atoms with Crippen LogP contribution in [0.4, 0.5) is 0 Å². The van der Waals surface area contributed by atoms with Crippen molar-refractivity contribution in [1.82, 2.24) is 4.31 Å². The third-order valence-corrected chi connectivity index (χ3v) is 5.01. The third-order valence-electron chi connectivity index (χ3n) is 3.12. The SMILES string of the molecule is COc1ccc(C)cc1S(=O)(=O)N1CC[C@H](N)C1. The van der Waals surface area contributed by atoms with Crippen LogP contribution in [0.2, 0.25) is 0 Å². The highest BCUT2D eigenvalue weighted by Crippen LogP contribution is 2.29. The van der Waals surface area contributed by atoms with E-state index in [1.54, 1.807) is 12.1 Å². The number of ether oxygens (including phenoxy) is 1. The van der Waals surface area contributed by atoms with E-state index in [1.807, 2.05) is 13.0 Å². The molecular weight excluding hydrogens is 252 g/mol. The second-order valence-electron chi connectivity index (χ2n) is 4.57. The average molecular weight is 270 g/mol. The van der Waals surface area contributed by atoms with Gasteiger partial charge in [0.1, 0.15) is 10.6 Å². The summed E-state index contributed by atoms with van der Waals surface area (Å²) in [4.78, 5) is 0.221. The van der Waals surface area contributed by atoms with E-state index in [0.717, 1.165) is 5.56 Å². The molecule has 5 nitrogen and oxygen atoms in total. The highest BCUT2D eigenvalue weighted by atomic mass is 32.2. The summed E-state index contributed by atoms with van der Waals surface area (Å²) in [5.41, 5.74) is 6.65. The van der Waals surface area contributed by atoms with Crippen molar-refractivity contribution in [2.24, 2.45) is 5.73 Å². The van der Waals surface area contributed by atoms with E-state index < -0.39 is 10.0 Å². The molecule has 1 aliphatic rings. The molecule has 0 spiro atoms. The molecule has 2 N–H and O–H groups in total. The monoisotopic (exact) mass is 270 g/mol. The van der Waals surface area contributed by atoms with E-state index in [4.69, 9.17) is 10.5 Å². The van der Waals surface area contributed by atoms with Gasteiger partial charge in [-0.25, -0.2) is 8.42 Å². The number of rotatable bonds is 3. The number of sulfonamides is 1. The normalized spacial score (nSPS) is 21.2. The van der Waals surface area contributed by atoms with E-state index >= 15 is 0 Å². The molecule has 6 heteroatoms. The molecule has 1 heterocycles. The molecule has 1 fully saturated rings. The number of aryl methyl sites for hydroxylation is 1. The Bertz CT molecular complexity index is 542. The van der Waals surface area contributed by atoms with Gasteiger partial charge in [0.2, 0.25) is 10.0 Å². The van der Waals surface area contributed by atoms with Crippen LogP contribution in [-0.2, 0) is 10.0 Å². The second kappa shape index (κ2) is 4.87. The van der Waals surface area contributed by atoms with Gasteiger partial charge in [-0.05, 0) is 31.0 Å². The first-order valence-electron chi connectivity index (χ1n) is 5.85. The molecule has 2 rings (SSSR count). The molecule has 1 aliphatic heterocycles. The molecule has 1 saturated heterocycles. The van der Waals surface area contributed by atoms with Crippen LogP contribution >= 0.6 is 0 Å². The molecule has 1 aromatic rings. The van der Waals surface area contributed by atoms with E-state index in [0.29, 0.717) is 25.3 Å². The molecule has 1 aromatic carbocycles. The number of hydrogen-bond donors (Lipinski definition) is 1. The predicted octanol–water partition coefficient (Wildman–Crippen LogP) is 0.725. The number of benzene rings is 1. The van der Waals surface area contributed by atoms with Crippen LogP contribution in [0, 0.1) is 6.92 Å². The Kier molecular flexibility index (Phi) is 3.61. The lowest BCUT2D eigenvalue weighted by atomic mass is 10.2. The van der Waals surface area contributed by atoms with Crippen LogP contribution in [0.3, 0.4) is 0 Å². The molecule has 0 radical (unpaired) electrons. The van der Waals surface area contributed by atoms with E-state index in [-0.39, 0.29) is 10.9 Å². The maximum Gasteiger partial charge on any atom is 0.246 e. The summed E-state index contributed by atoms with van der Waals surface area (Å²) in [6.07, 6.45) is 0.702. The Morgan fingerprint density at radius 1 is 1.44 bits per heavy atom. The minimum Gasteiger partial charge on any atom is -0.495 e. The Labute approximate surface area is 108 Å². The Balaban J connectivity index is 2.43. The minimum absolute atomic E-state index is 0.0735. The number of hydrogen-bond acceptors (Lipinski definition) is 4. The van der Waals surface area contributed by atoms with Gasteiger partial charge in [-0.15, -0.1) is 0 Å². The zero-order valence-electron chi connectivity index (χ0n) is 10.6. The van der Waals surface area contributed by atoms with Gasteiger partial charge in [0, 0.05) is 19.1 Å². The number of nitrogens with zero attached hydrogens (tertiary/aromatic N) is 1. The summed E-state index contributed by atoms with van der Waals surface area (Å²) in [5.74, 6) is 0.376. The van der Waals surface area contributed by atoms with Crippen LogP contribution in [0.15, 0.2) is 23.1 Å². The van der Waals surface area contributed by atoms with Crippen LogP contribution in [0.1, 0.15) is 12.0 Å². The summed E-state index contributed by atoms with van der Waals surface area (Å²) in [6.45, 7) is 2.70. The van der Waals surface area contributed by atoms with Gasteiger partial charge >= 0.3 is 0 Å². The van der Waals surface area contributed by atoms with Gasteiger partial charge in [0.25, 0.3) is 0 Å². The minimum atomic E-state index is -3.51. The van der Waals surface area contributed by atoms with Gasteiger partial charge in [-0.3, -0.25) is 0 Å². The van der Waals surface area contributed by atoms with Crippen molar-refractivity contribution >= 4 is 10.0 Å². The molecule has 0 amide bonds. The first kappa shape index (κ1) is 13.3. The van der Waals surface area contributed by atoms with Crippen molar-refractivity contribution in [3.8, 4) is 5.75 Å². The molecule has 100 valence electrons. The van der Waals surface area contributed by atoms with Crippen molar-refractivity contribution in [1.29, 1.82) is 0 Å². The van der Waals surface area contributed by atoms with E-state index in [2.05, 4.69) is 0 Å². The summed E-state index contributed by atoms with van der Waals surface area (Å²) in [5, 5.41) is 0. The summed E-state index contributed by atoms with van der Waals surface area (Å²) in [7, 11) is -2.04. The zero-order chi connectivity index (χ0) is 13.3. The molecule has 18 heavy (non-hydrogen) atoms. The summed E-state index contributed by atoms with van der Waals surface area (Å²) >= 11 is 0. The lowest BCUT2D eigenvalue weighted by Crippen LogP contribution is -2.32. The molecular formula is C12H18N2O3S. The highest BCUT2D eigenvalue weighted by Gasteiger charge is 2.32. The van der Waals surface area contributed by atoms with Crippen LogP contribution in [0.25, 0.3) is 0 Å². The first-order chi connectivity index (χ1) is 8.45. The van der Waals surface area contributed by atoms with E-state index in [9.17, 15) is 8.42 Å². The number of methoxy groups -OCH3 is 1. The highest BCUT2D eigenvalue weighted by molar-refractivity contribution is 7.89. The lowest BCUT2D eigenvalue weighted by Gasteiger charge is -2.18.